The van der Waals surface area contributed by atoms with Crippen LogP contribution in [-0.2, 0) is 11.2 Å². The van der Waals surface area contributed by atoms with Crippen LogP contribution >= 0.6 is 0 Å². The maximum absolute atomic E-state index is 15.1. The molecule has 41 heavy (non-hydrogen) atoms. The van der Waals surface area contributed by atoms with Gasteiger partial charge in [-0.3, -0.25) is 0 Å². The summed E-state index contributed by atoms with van der Waals surface area (Å²) in [6, 6.07) is 4.50. The van der Waals surface area contributed by atoms with E-state index in [1.165, 1.54) is 44.6 Å². The normalized spacial score (nSPS) is 23.4. The third-order valence-corrected chi connectivity index (χ3v) is 8.70. The van der Waals surface area contributed by atoms with E-state index in [0.29, 0.717) is 12.3 Å². The Morgan fingerprint density at radius 1 is 0.829 bits per heavy atom. The molecule has 2 aromatic rings. The number of alkyl halides is 2. The molecule has 0 amide bonds. The molecule has 1 aliphatic carbocycles. The van der Waals surface area contributed by atoms with Gasteiger partial charge in [0.15, 0.2) is 29.7 Å². The minimum Gasteiger partial charge on any atom is -0.494 e. The minimum atomic E-state index is -3.67. The van der Waals surface area contributed by atoms with E-state index >= 15 is 4.39 Å². The summed E-state index contributed by atoms with van der Waals surface area (Å²) < 4.78 is 103. The van der Waals surface area contributed by atoms with Crippen LogP contribution in [0.3, 0.4) is 0 Å². The fraction of sp³-hybridized carbons (Fsp3) is 0.625. The van der Waals surface area contributed by atoms with Crippen LogP contribution in [-0.4, -0.2) is 32.4 Å². The molecule has 2 atom stereocenters. The van der Waals surface area contributed by atoms with Crippen molar-refractivity contribution >= 4 is 0 Å². The molecule has 9 heteroatoms. The molecule has 2 aromatic carbocycles. The molecule has 0 N–H and O–H groups in total. The van der Waals surface area contributed by atoms with Gasteiger partial charge in [0, 0.05) is 12.3 Å². The average molecular weight is 587 g/mol. The molecule has 228 valence electrons. The lowest BCUT2D eigenvalue weighted by molar-refractivity contribution is -0.0444. The Morgan fingerprint density at radius 2 is 1.54 bits per heavy atom. The predicted octanol–water partition coefficient (Wildman–Crippen LogP) is 9.16. The summed E-state index contributed by atoms with van der Waals surface area (Å²) in [5, 5.41) is 0. The first-order valence-electron chi connectivity index (χ1n) is 14.7. The van der Waals surface area contributed by atoms with E-state index in [1.54, 1.807) is 0 Å². The smallest absolute Gasteiger partial charge is 0.285 e. The zero-order valence-electron chi connectivity index (χ0n) is 23.8. The van der Waals surface area contributed by atoms with Gasteiger partial charge >= 0.3 is 0 Å². The second kappa shape index (κ2) is 14.2. The van der Waals surface area contributed by atoms with E-state index in [9.17, 15) is 22.0 Å². The van der Waals surface area contributed by atoms with Gasteiger partial charge in [0.1, 0.15) is 0 Å². The van der Waals surface area contributed by atoms with Gasteiger partial charge in [-0.1, -0.05) is 57.6 Å². The van der Waals surface area contributed by atoms with E-state index in [2.05, 4.69) is 11.7 Å². The van der Waals surface area contributed by atoms with E-state index in [-0.39, 0.29) is 24.2 Å². The molecule has 2 aliphatic rings. The van der Waals surface area contributed by atoms with Crippen LogP contribution in [0.5, 0.6) is 11.5 Å². The third kappa shape index (κ3) is 7.90. The number of hydrogen-bond donors (Lipinski definition) is 0. The fourth-order valence-electron chi connectivity index (χ4n) is 6.27. The second-order valence-electron chi connectivity index (χ2n) is 11.6. The SMILES string of the molecule is CCCCCC1CCC(C2CCC(c3ccc(CC(F)(F)COc4ccc(OC)c(F)c4F)c(F)c3F)CO2)CC1. The Morgan fingerprint density at radius 3 is 2.20 bits per heavy atom. The highest BCUT2D eigenvalue weighted by molar-refractivity contribution is 5.35. The van der Waals surface area contributed by atoms with Gasteiger partial charge in [-0.05, 0) is 60.8 Å². The number of halogens is 6. The second-order valence-corrected chi connectivity index (χ2v) is 11.6. The molecule has 0 radical (unpaired) electrons. The topological polar surface area (TPSA) is 27.7 Å². The Labute approximate surface area is 238 Å². The van der Waals surface area contributed by atoms with Crippen LogP contribution in [0.4, 0.5) is 26.3 Å². The summed E-state index contributed by atoms with van der Waals surface area (Å²) in [4.78, 5) is 0. The first-order valence-corrected chi connectivity index (χ1v) is 14.7. The average Bonchev–Trinajstić information content (AvgIpc) is 2.97. The Kier molecular flexibility index (Phi) is 10.9. The van der Waals surface area contributed by atoms with Crippen LogP contribution in [0.2, 0.25) is 0 Å². The quantitative estimate of drug-likeness (QED) is 0.183. The molecule has 0 aromatic heterocycles. The van der Waals surface area contributed by atoms with Crippen molar-refractivity contribution in [1.82, 2.24) is 0 Å². The molecule has 2 fully saturated rings. The highest BCUT2D eigenvalue weighted by Gasteiger charge is 2.36. The molecular formula is C32H40F6O3. The minimum absolute atomic E-state index is 0.123. The van der Waals surface area contributed by atoms with Gasteiger partial charge in [0.05, 0.1) is 19.8 Å². The van der Waals surface area contributed by atoms with Crippen LogP contribution in [0.25, 0.3) is 0 Å². The van der Waals surface area contributed by atoms with Crippen molar-refractivity contribution in [3.8, 4) is 11.5 Å². The maximum Gasteiger partial charge on any atom is 0.285 e. The monoisotopic (exact) mass is 586 g/mol. The summed E-state index contributed by atoms with van der Waals surface area (Å²) in [7, 11) is 1.13. The van der Waals surface area contributed by atoms with Gasteiger partial charge in [0.2, 0.25) is 11.6 Å². The fourth-order valence-corrected chi connectivity index (χ4v) is 6.27. The lowest BCUT2D eigenvalue weighted by Gasteiger charge is -2.38. The number of hydrogen-bond acceptors (Lipinski definition) is 3. The van der Waals surface area contributed by atoms with Crippen molar-refractivity contribution in [2.24, 2.45) is 11.8 Å². The highest BCUT2D eigenvalue weighted by atomic mass is 19.3. The predicted molar refractivity (Wildman–Crippen MR) is 145 cm³/mol. The van der Waals surface area contributed by atoms with Crippen LogP contribution < -0.4 is 9.47 Å². The third-order valence-electron chi connectivity index (χ3n) is 8.70. The van der Waals surface area contributed by atoms with Crippen molar-refractivity contribution in [2.75, 3.05) is 20.3 Å². The molecule has 1 heterocycles. The molecule has 0 spiro atoms. The van der Waals surface area contributed by atoms with E-state index in [1.807, 2.05) is 0 Å². The number of ether oxygens (including phenoxy) is 3. The molecule has 4 rings (SSSR count). The van der Waals surface area contributed by atoms with Crippen molar-refractivity contribution in [2.45, 2.75) is 95.5 Å². The zero-order valence-corrected chi connectivity index (χ0v) is 23.8. The van der Waals surface area contributed by atoms with Crippen molar-refractivity contribution in [3.05, 3.63) is 58.7 Å². The molecular weight excluding hydrogens is 546 g/mol. The molecule has 3 nitrogen and oxygen atoms in total. The van der Waals surface area contributed by atoms with Crippen molar-refractivity contribution in [1.29, 1.82) is 0 Å². The van der Waals surface area contributed by atoms with E-state index in [4.69, 9.17) is 9.47 Å². The molecule has 2 unspecified atom stereocenters. The lowest BCUT2D eigenvalue weighted by Crippen LogP contribution is -2.34. The number of benzene rings is 2. The number of unbranched alkanes of at least 4 members (excludes halogenated alkanes) is 2. The van der Waals surface area contributed by atoms with Gasteiger partial charge in [-0.25, -0.2) is 17.6 Å². The highest BCUT2D eigenvalue weighted by Crippen LogP contribution is 2.40. The van der Waals surface area contributed by atoms with Gasteiger partial charge in [-0.15, -0.1) is 0 Å². The summed E-state index contributed by atoms with van der Waals surface area (Å²) in [5.41, 5.74) is -0.397. The maximum atomic E-state index is 15.1. The molecule has 0 bridgehead atoms. The Balaban J connectivity index is 1.30. The first-order chi connectivity index (χ1) is 19.6. The van der Waals surface area contributed by atoms with Crippen LogP contribution in [0, 0.1) is 35.1 Å². The number of rotatable bonds is 12. The van der Waals surface area contributed by atoms with Crippen molar-refractivity contribution < 1.29 is 40.6 Å². The molecule has 1 aliphatic heterocycles. The zero-order chi connectivity index (χ0) is 29.6. The largest absolute Gasteiger partial charge is 0.494 e. The van der Waals surface area contributed by atoms with Crippen LogP contribution in [0.1, 0.15) is 88.2 Å². The van der Waals surface area contributed by atoms with Crippen molar-refractivity contribution in [3.63, 3.8) is 0 Å². The Hall–Kier alpha value is -2.42. The molecule has 1 saturated heterocycles. The van der Waals surface area contributed by atoms with E-state index < -0.39 is 59.3 Å². The van der Waals surface area contributed by atoms with Gasteiger partial charge < -0.3 is 14.2 Å². The first kappa shape index (κ1) is 31.5. The van der Waals surface area contributed by atoms with E-state index in [0.717, 1.165) is 50.5 Å². The summed E-state index contributed by atoms with van der Waals surface area (Å²) in [6.45, 7) is 1.14. The lowest BCUT2D eigenvalue weighted by atomic mass is 9.75. The summed E-state index contributed by atoms with van der Waals surface area (Å²) in [5.74, 6) is -9.21. The van der Waals surface area contributed by atoms with Gasteiger partial charge in [-0.2, -0.15) is 8.78 Å². The number of methoxy groups -OCH3 is 1. The van der Waals surface area contributed by atoms with Gasteiger partial charge in [0.25, 0.3) is 5.92 Å². The Bertz CT molecular complexity index is 1140. The summed E-state index contributed by atoms with van der Waals surface area (Å²) >= 11 is 0. The summed E-state index contributed by atoms with van der Waals surface area (Å²) in [6.07, 6.45) is 10.2. The molecule has 1 saturated carbocycles. The standard InChI is InChI=1S/C32H40F6O3/c1-3-4-5-6-20-7-9-21(10-8-20)25-14-12-23(18-40-25)24-13-11-22(28(33)29(24)34)17-32(37,38)19-41-27-16-15-26(39-2)30(35)31(27)36/h11,13,15-16,20-21,23,25H,3-10,12,14,17-19H2,1-2H3. The van der Waals surface area contributed by atoms with Crippen LogP contribution in [0.15, 0.2) is 24.3 Å².